The van der Waals surface area contributed by atoms with Gasteiger partial charge in [0.15, 0.2) is 0 Å². The van der Waals surface area contributed by atoms with Crippen LogP contribution in [0.15, 0.2) is 42.5 Å². The Morgan fingerprint density at radius 2 is 1.88 bits per heavy atom. The maximum absolute atomic E-state index is 13.2. The predicted octanol–water partition coefficient (Wildman–Crippen LogP) is 5.00. The van der Waals surface area contributed by atoms with Gasteiger partial charge in [-0.05, 0) is 30.9 Å². The summed E-state index contributed by atoms with van der Waals surface area (Å²) in [5.41, 5.74) is 1.19. The lowest BCUT2D eigenvalue weighted by Gasteiger charge is -2.10. The summed E-state index contributed by atoms with van der Waals surface area (Å²) in [7, 11) is 0. The summed E-state index contributed by atoms with van der Waals surface area (Å²) >= 11 is 0. The summed E-state index contributed by atoms with van der Waals surface area (Å²) in [4.78, 5) is 0. The monoisotopic (exact) mass is 238 g/mol. The largest absolute Gasteiger partial charge is 0.266 e. The van der Waals surface area contributed by atoms with Crippen LogP contribution in [-0.4, -0.2) is 5.92 Å². The number of unbranched alkanes of at least 4 members (excludes halogenated alkanes) is 1. The van der Waals surface area contributed by atoms with Crippen molar-refractivity contribution in [2.75, 3.05) is 0 Å². The van der Waals surface area contributed by atoms with Crippen molar-refractivity contribution < 1.29 is 8.78 Å². The molecule has 0 aliphatic heterocycles. The molecule has 0 bridgehead atoms. The molecular weight excluding hydrogens is 218 g/mol. The highest BCUT2D eigenvalue weighted by Gasteiger charge is 2.23. The molecule has 1 aromatic rings. The zero-order chi connectivity index (χ0) is 12.6. The van der Waals surface area contributed by atoms with E-state index in [1.807, 2.05) is 37.3 Å². The second kappa shape index (κ2) is 7.21. The van der Waals surface area contributed by atoms with E-state index in [2.05, 4.69) is 0 Å². The molecule has 17 heavy (non-hydrogen) atoms. The Kier molecular flexibility index (Phi) is 5.88. The molecular formula is C15H20F2. The molecule has 0 nitrogen and oxygen atoms in total. The topological polar surface area (TPSA) is 0 Å². The fraction of sp³-hybridized carbons (Fsp3) is 0.467. The van der Waals surface area contributed by atoms with Crippen LogP contribution in [0.1, 0.15) is 38.2 Å². The fourth-order valence-corrected chi connectivity index (χ4v) is 1.65. The highest BCUT2D eigenvalue weighted by Crippen LogP contribution is 2.23. The normalized spacial score (nSPS) is 12.2. The first kappa shape index (κ1) is 13.9. The van der Waals surface area contributed by atoms with E-state index >= 15 is 0 Å². The lowest BCUT2D eigenvalue weighted by atomic mass is 10.1. The summed E-state index contributed by atoms with van der Waals surface area (Å²) in [6.07, 6.45) is 5.51. The minimum Gasteiger partial charge on any atom is -0.202 e. The van der Waals surface area contributed by atoms with Gasteiger partial charge in [-0.3, -0.25) is 0 Å². The first-order chi connectivity index (χ1) is 8.14. The molecule has 0 heterocycles. The molecule has 0 spiro atoms. The second-order valence-corrected chi connectivity index (χ2v) is 4.29. The summed E-state index contributed by atoms with van der Waals surface area (Å²) in [5, 5.41) is 0. The molecule has 0 saturated carbocycles. The smallest absolute Gasteiger partial charge is 0.202 e. The van der Waals surface area contributed by atoms with Crippen LogP contribution in [0.3, 0.4) is 0 Å². The maximum atomic E-state index is 13.2. The summed E-state index contributed by atoms with van der Waals surface area (Å²) in [6.45, 7) is 1.93. The number of hydrogen-bond donors (Lipinski definition) is 0. The molecule has 0 atom stereocenters. The first-order valence-corrected chi connectivity index (χ1v) is 6.23. The van der Waals surface area contributed by atoms with Gasteiger partial charge in [0.2, 0.25) is 0 Å². The van der Waals surface area contributed by atoms with Gasteiger partial charge in [0, 0.05) is 6.42 Å². The van der Waals surface area contributed by atoms with Gasteiger partial charge in [-0.25, -0.2) is 8.78 Å². The zero-order valence-electron chi connectivity index (χ0n) is 10.3. The molecule has 0 saturated heterocycles. The Morgan fingerprint density at radius 3 is 2.53 bits per heavy atom. The van der Waals surface area contributed by atoms with Crippen LogP contribution >= 0.6 is 0 Å². The lowest BCUT2D eigenvalue weighted by molar-refractivity contribution is 0.0430. The highest BCUT2D eigenvalue weighted by molar-refractivity contribution is 5.15. The SMILES string of the molecule is CCCCC(F)(F)/C=C/CCc1ccccc1. The number of hydrogen-bond acceptors (Lipinski definition) is 0. The van der Waals surface area contributed by atoms with Crippen LogP contribution < -0.4 is 0 Å². The summed E-state index contributed by atoms with van der Waals surface area (Å²) < 4.78 is 26.5. The van der Waals surface area contributed by atoms with Crippen LogP contribution in [0.25, 0.3) is 0 Å². The first-order valence-electron chi connectivity index (χ1n) is 6.23. The van der Waals surface area contributed by atoms with E-state index < -0.39 is 5.92 Å². The van der Waals surface area contributed by atoms with Gasteiger partial charge in [-0.2, -0.15) is 0 Å². The number of aryl methyl sites for hydroxylation is 1. The van der Waals surface area contributed by atoms with Crippen LogP contribution in [0.5, 0.6) is 0 Å². The average Bonchev–Trinajstić information content (AvgIpc) is 2.34. The van der Waals surface area contributed by atoms with Gasteiger partial charge in [0.25, 0.3) is 5.92 Å². The third kappa shape index (κ3) is 6.20. The van der Waals surface area contributed by atoms with E-state index in [1.165, 1.54) is 5.56 Å². The Balaban J connectivity index is 2.30. The predicted molar refractivity (Wildman–Crippen MR) is 68.4 cm³/mol. The molecule has 0 fully saturated rings. The minimum absolute atomic E-state index is 0.0364. The van der Waals surface area contributed by atoms with Crippen molar-refractivity contribution in [1.29, 1.82) is 0 Å². The van der Waals surface area contributed by atoms with Crippen LogP contribution in [0.2, 0.25) is 0 Å². The molecule has 0 unspecified atom stereocenters. The Hall–Kier alpha value is -1.18. The number of rotatable bonds is 7. The highest BCUT2D eigenvalue weighted by atomic mass is 19.3. The maximum Gasteiger partial charge on any atom is 0.266 e. The summed E-state index contributed by atoms with van der Waals surface area (Å²) in [6, 6.07) is 9.92. The van der Waals surface area contributed by atoms with Crippen LogP contribution in [-0.2, 0) is 6.42 Å². The third-order valence-electron chi connectivity index (χ3n) is 2.67. The van der Waals surface area contributed by atoms with E-state index in [4.69, 9.17) is 0 Å². The van der Waals surface area contributed by atoms with Crippen LogP contribution in [0, 0.1) is 0 Å². The van der Waals surface area contributed by atoms with E-state index in [9.17, 15) is 8.78 Å². The van der Waals surface area contributed by atoms with Crippen molar-refractivity contribution in [1.82, 2.24) is 0 Å². The molecule has 0 aliphatic rings. The van der Waals surface area contributed by atoms with Gasteiger partial charge >= 0.3 is 0 Å². The van der Waals surface area contributed by atoms with E-state index in [-0.39, 0.29) is 6.42 Å². The standard InChI is InChI=1S/C15H20F2/c1-2-3-12-15(16,17)13-8-7-11-14-9-5-4-6-10-14/h4-6,8-10,13H,2-3,7,11-12H2,1H3/b13-8+. The Labute approximate surface area is 102 Å². The van der Waals surface area contributed by atoms with Gasteiger partial charge in [0.1, 0.15) is 0 Å². The molecule has 0 aromatic heterocycles. The van der Waals surface area contributed by atoms with Crippen LogP contribution in [0.4, 0.5) is 8.78 Å². The number of allylic oxidation sites excluding steroid dienone is 2. The summed E-state index contributed by atoms with van der Waals surface area (Å²) in [5.74, 6) is -2.63. The second-order valence-electron chi connectivity index (χ2n) is 4.29. The Morgan fingerprint density at radius 1 is 1.18 bits per heavy atom. The van der Waals surface area contributed by atoms with E-state index in [1.54, 1.807) is 6.08 Å². The molecule has 2 heteroatoms. The molecule has 0 aliphatic carbocycles. The quantitative estimate of drug-likeness (QED) is 0.586. The molecule has 0 radical (unpaired) electrons. The van der Waals surface area contributed by atoms with Gasteiger partial charge in [0.05, 0.1) is 0 Å². The average molecular weight is 238 g/mol. The lowest BCUT2D eigenvalue weighted by Crippen LogP contribution is -2.11. The van der Waals surface area contributed by atoms with E-state index in [0.717, 1.165) is 18.9 Å². The fourth-order valence-electron chi connectivity index (χ4n) is 1.65. The Bertz CT molecular complexity index is 328. The van der Waals surface area contributed by atoms with E-state index in [0.29, 0.717) is 12.8 Å². The van der Waals surface area contributed by atoms with Crippen molar-refractivity contribution >= 4 is 0 Å². The molecule has 94 valence electrons. The van der Waals surface area contributed by atoms with Gasteiger partial charge < -0.3 is 0 Å². The molecule has 0 amide bonds. The zero-order valence-corrected chi connectivity index (χ0v) is 10.3. The van der Waals surface area contributed by atoms with Crippen molar-refractivity contribution in [3.8, 4) is 0 Å². The number of benzene rings is 1. The minimum atomic E-state index is -2.63. The molecule has 1 rings (SSSR count). The van der Waals surface area contributed by atoms with Crippen molar-refractivity contribution in [2.24, 2.45) is 0 Å². The van der Waals surface area contributed by atoms with Crippen molar-refractivity contribution in [2.45, 2.75) is 45.0 Å². The molecule has 1 aromatic carbocycles. The van der Waals surface area contributed by atoms with Crippen molar-refractivity contribution in [3.05, 3.63) is 48.0 Å². The van der Waals surface area contributed by atoms with Gasteiger partial charge in [-0.15, -0.1) is 0 Å². The number of halogens is 2. The number of alkyl halides is 2. The third-order valence-corrected chi connectivity index (χ3v) is 2.67. The van der Waals surface area contributed by atoms with Crippen molar-refractivity contribution in [3.63, 3.8) is 0 Å². The van der Waals surface area contributed by atoms with Gasteiger partial charge in [-0.1, -0.05) is 49.8 Å². The molecule has 0 N–H and O–H groups in total.